The molecule has 0 spiro atoms. The van der Waals surface area contributed by atoms with Gasteiger partial charge in [-0.05, 0) is 24.3 Å². The number of hydrogen-bond donors (Lipinski definition) is 1. The van der Waals surface area contributed by atoms with Crippen LogP contribution in [0.25, 0.3) is 21.5 Å². The van der Waals surface area contributed by atoms with Crippen molar-refractivity contribution in [1.82, 2.24) is 4.98 Å². The summed E-state index contributed by atoms with van der Waals surface area (Å²) in [6.07, 6.45) is 5.42. The van der Waals surface area contributed by atoms with Gasteiger partial charge in [-0.15, -0.1) is 17.8 Å². The van der Waals surface area contributed by atoms with E-state index in [2.05, 4.69) is 10.9 Å². The lowest BCUT2D eigenvalue weighted by Crippen LogP contribution is -1.86. The third kappa shape index (κ3) is 2.06. The van der Waals surface area contributed by atoms with Gasteiger partial charge in [0.1, 0.15) is 9.71 Å². The van der Waals surface area contributed by atoms with E-state index in [9.17, 15) is 0 Å². The first-order valence-electron chi connectivity index (χ1n) is 5.60. The van der Waals surface area contributed by atoms with Crippen molar-refractivity contribution < 1.29 is 0 Å². The van der Waals surface area contributed by atoms with Crippen molar-refractivity contribution >= 4 is 38.8 Å². The Morgan fingerprint density at radius 3 is 2.84 bits per heavy atom. The molecular weight excluding hydrogens is 276 g/mol. The molecule has 4 heteroatoms. The molecule has 2 N–H and O–H groups in total. The fraction of sp³-hybridized carbons (Fsp3) is 0. The van der Waals surface area contributed by atoms with E-state index in [0.29, 0.717) is 10.7 Å². The number of rotatable bonds is 1. The first-order chi connectivity index (χ1) is 9.19. The van der Waals surface area contributed by atoms with Gasteiger partial charge in [0, 0.05) is 16.0 Å². The smallest absolute Gasteiger partial charge is 0.127 e. The molecule has 0 saturated carbocycles. The van der Waals surface area contributed by atoms with Crippen LogP contribution in [0, 0.1) is 12.3 Å². The molecular formula is C15H9ClN2S. The third-order valence-corrected chi connectivity index (χ3v) is 4.13. The van der Waals surface area contributed by atoms with E-state index in [-0.39, 0.29) is 0 Å². The van der Waals surface area contributed by atoms with Gasteiger partial charge in [-0.25, -0.2) is 4.98 Å². The molecule has 19 heavy (non-hydrogen) atoms. The quantitative estimate of drug-likeness (QED) is 0.681. The number of halogens is 1. The van der Waals surface area contributed by atoms with Crippen molar-refractivity contribution in [2.75, 3.05) is 5.73 Å². The molecule has 0 fully saturated rings. The third-order valence-electron chi connectivity index (χ3n) is 2.85. The highest BCUT2D eigenvalue weighted by Crippen LogP contribution is 2.33. The molecule has 3 rings (SSSR count). The number of fused-ring (bicyclic) bond motifs is 1. The number of benzene rings is 1. The molecule has 0 unspecified atom stereocenters. The number of terminal acetylenes is 1. The molecule has 2 aromatic heterocycles. The van der Waals surface area contributed by atoms with Crippen LogP contribution in [-0.2, 0) is 0 Å². The Morgan fingerprint density at radius 1 is 1.26 bits per heavy atom. The fourth-order valence-electron chi connectivity index (χ4n) is 1.91. The SMILES string of the molecule is C#Cc1sc2nc(-c3cccc(Cl)c3)ccc2c1N. The number of anilines is 1. The number of hydrogen-bond acceptors (Lipinski definition) is 3. The molecule has 0 atom stereocenters. The van der Waals surface area contributed by atoms with Crippen LogP contribution in [0.2, 0.25) is 5.02 Å². The summed E-state index contributed by atoms with van der Waals surface area (Å²) >= 11 is 7.42. The Labute approximate surface area is 119 Å². The Hall–Kier alpha value is -2.02. The van der Waals surface area contributed by atoms with Gasteiger partial charge in [-0.3, -0.25) is 0 Å². The fourth-order valence-corrected chi connectivity index (χ4v) is 3.01. The lowest BCUT2D eigenvalue weighted by Gasteiger charge is -2.01. The van der Waals surface area contributed by atoms with Gasteiger partial charge in [0.25, 0.3) is 0 Å². The summed E-state index contributed by atoms with van der Waals surface area (Å²) in [7, 11) is 0. The zero-order valence-electron chi connectivity index (χ0n) is 9.85. The van der Waals surface area contributed by atoms with Crippen molar-refractivity contribution in [2.24, 2.45) is 0 Å². The predicted molar refractivity (Wildman–Crippen MR) is 82.4 cm³/mol. The molecule has 0 aliphatic carbocycles. The van der Waals surface area contributed by atoms with Crippen LogP contribution >= 0.6 is 22.9 Å². The zero-order chi connectivity index (χ0) is 13.4. The Kier molecular flexibility index (Phi) is 2.90. The summed E-state index contributed by atoms with van der Waals surface area (Å²) in [4.78, 5) is 6.18. The van der Waals surface area contributed by atoms with Gasteiger partial charge in [-0.1, -0.05) is 29.7 Å². The summed E-state index contributed by atoms with van der Waals surface area (Å²) in [5, 5.41) is 1.60. The molecule has 2 nitrogen and oxygen atoms in total. The van der Waals surface area contributed by atoms with E-state index in [1.807, 2.05) is 36.4 Å². The number of thiophene rings is 1. The molecule has 0 radical (unpaired) electrons. The highest BCUT2D eigenvalue weighted by molar-refractivity contribution is 7.19. The molecule has 2 heterocycles. The Morgan fingerprint density at radius 2 is 2.11 bits per heavy atom. The number of nitrogen functional groups attached to an aromatic ring is 1. The highest BCUT2D eigenvalue weighted by Gasteiger charge is 2.10. The maximum absolute atomic E-state index is 5.99. The Balaban J connectivity index is 2.20. The van der Waals surface area contributed by atoms with Gasteiger partial charge < -0.3 is 5.73 Å². The minimum absolute atomic E-state index is 0.632. The van der Waals surface area contributed by atoms with Gasteiger partial charge in [0.05, 0.1) is 11.4 Å². The van der Waals surface area contributed by atoms with Crippen LogP contribution in [0.3, 0.4) is 0 Å². The maximum Gasteiger partial charge on any atom is 0.127 e. The lowest BCUT2D eigenvalue weighted by atomic mass is 10.1. The zero-order valence-corrected chi connectivity index (χ0v) is 11.4. The first-order valence-corrected chi connectivity index (χ1v) is 6.80. The van der Waals surface area contributed by atoms with E-state index in [0.717, 1.165) is 26.4 Å². The highest BCUT2D eigenvalue weighted by atomic mass is 35.5. The maximum atomic E-state index is 5.99. The number of pyridine rings is 1. The molecule has 92 valence electrons. The van der Waals surface area contributed by atoms with Crippen LogP contribution in [0.4, 0.5) is 5.69 Å². The number of aromatic nitrogens is 1. The van der Waals surface area contributed by atoms with Crippen molar-refractivity contribution in [3.05, 3.63) is 46.3 Å². The summed E-state index contributed by atoms with van der Waals surface area (Å²) < 4.78 is 0. The molecule has 0 bridgehead atoms. The van der Waals surface area contributed by atoms with Crippen LogP contribution in [0.5, 0.6) is 0 Å². The number of nitrogens with zero attached hydrogens (tertiary/aromatic N) is 1. The average Bonchev–Trinajstić information content (AvgIpc) is 2.75. The van der Waals surface area contributed by atoms with E-state index in [1.165, 1.54) is 11.3 Å². The average molecular weight is 285 g/mol. The van der Waals surface area contributed by atoms with Crippen molar-refractivity contribution in [3.63, 3.8) is 0 Å². The Bertz CT molecular complexity index is 815. The van der Waals surface area contributed by atoms with E-state index < -0.39 is 0 Å². The summed E-state index contributed by atoms with van der Waals surface area (Å²) in [6.45, 7) is 0. The standard InChI is InChI=1S/C15H9ClN2S/c1-2-13-14(17)11-6-7-12(18-15(11)19-13)9-4-3-5-10(16)8-9/h1,3-8H,17H2. The minimum Gasteiger partial charge on any atom is -0.396 e. The van der Waals surface area contributed by atoms with Crippen molar-refractivity contribution in [3.8, 4) is 23.6 Å². The summed E-state index contributed by atoms with van der Waals surface area (Å²) in [5.41, 5.74) is 8.44. The van der Waals surface area contributed by atoms with Crippen LogP contribution < -0.4 is 5.73 Å². The van der Waals surface area contributed by atoms with Gasteiger partial charge in [0.15, 0.2) is 0 Å². The monoisotopic (exact) mass is 284 g/mol. The topological polar surface area (TPSA) is 38.9 Å². The van der Waals surface area contributed by atoms with E-state index >= 15 is 0 Å². The molecule has 0 saturated heterocycles. The first kappa shape index (κ1) is 12.0. The van der Waals surface area contributed by atoms with Gasteiger partial charge in [-0.2, -0.15) is 0 Å². The normalized spacial score (nSPS) is 10.5. The summed E-state index contributed by atoms with van der Waals surface area (Å²) in [5.74, 6) is 2.59. The summed E-state index contributed by atoms with van der Waals surface area (Å²) in [6, 6.07) is 11.5. The largest absolute Gasteiger partial charge is 0.396 e. The molecule has 1 aromatic carbocycles. The lowest BCUT2D eigenvalue weighted by molar-refractivity contribution is 1.43. The predicted octanol–water partition coefficient (Wildman–Crippen LogP) is 4.18. The van der Waals surface area contributed by atoms with Crippen LogP contribution in [0.15, 0.2) is 36.4 Å². The molecule has 0 aliphatic rings. The van der Waals surface area contributed by atoms with Gasteiger partial charge in [0.2, 0.25) is 0 Å². The van der Waals surface area contributed by atoms with Crippen molar-refractivity contribution in [1.29, 1.82) is 0 Å². The van der Waals surface area contributed by atoms with Crippen LogP contribution in [0.1, 0.15) is 4.88 Å². The van der Waals surface area contributed by atoms with E-state index in [4.69, 9.17) is 23.8 Å². The minimum atomic E-state index is 0.632. The molecule has 0 amide bonds. The van der Waals surface area contributed by atoms with E-state index in [1.54, 1.807) is 0 Å². The second-order valence-electron chi connectivity index (χ2n) is 4.05. The second kappa shape index (κ2) is 4.58. The van der Waals surface area contributed by atoms with Crippen molar-refractivity contribution in [2.45, 2.75) is 0 Å². The number of nitrogens with two attached hydrogens (primary N) is 1. The molecule has 3 aromatic rings. The second-order valence-corrected chi connectivity index (χ2v) is 5.48. The molecule has 0 aliphatic heterocycles. The van der Waals surface area contributed by atoms with Gasteiger partial charge >= 0.3 is 0 Å². The van der Waals surface area contributed by atoms with Crippen LogP contribution in [-0.4, -0.2) is 4.98 Å².